The lowest BCUT2D eigenvalue weighted by atomic mass is 10.1. The summed E-state index contributed by atoms with van der Waals surface area (Å²) in [5.41, 5.74) is 3.18. The van der Waals surface area contributed by atoms with Gasteiger partial charge < -0.3 is 4.84 Å². The molecule has 0 N–H and O–H groups in total. The fourth-order valence-electron chi connectivity index (χ4n) is 3.10. The van der Waals surface area contributed by atoms with E-state index in [2.05, 4.69) is 47.1 Å². The average Bonchev–Trinajstić information content (AvgIpc) is 2.96. The molecule has 0 saturated heterocycles. The molecule has 0 aliphatic rings. The third-order valence-electron chi connectivity index (χ3n) is 4.53. The van der Waals surface area contributed by atoms with Crippen molar-refractivity contribution >= 4 is 26.8 Å². The van der Waals surface area contributed by atoms with Crippen LogP contribution in [0.1, 0.15) is 32.6 Å². The minimum absolute atomic E-state index is 0.848. The summed E-state index contributed by atoms with van der Waals surface area (Å²) in [5.74, 6) is 0.848. The van der Waals surface area contributed by atoms with E-state index in [-0.39, 0.29) is 0 Å². The van der Waals surface area contributed by atoms with Gasteiger partial charge in [0.15, 0.2) is 0 Å². The minimum Gasteiger partial charge on any atom is -0.406 e. The Labute approximate surface area is 163 Å². The number of hydroxylamine groups is 2. The summed E-state index contributed by atoms with van der Waals surface area (Å²) >= 11 is 3.48. The quantitative estimate of drug-likeness (QED) is 0.343. The molecular formula is C21H26BrN3O. The molecule has 0 spiro atoms. The second kappa shape index (κ2) is 8.69. The zero-order chi connectivity index (χ0) is 18.5. The van der Waals surface area contributed by atoms with Gasteiger partial charge in [0.05, 0.1) is 5.52 Å². The van der Waals surface area contributed by atoms with Gasteiger partial charge in [-0.3, -0.25) is 4.68 Å². The summed E-state index contributed by atoms with van der Waals surface area (Å²) in [4.78, 5) is 5.97. The van der Waals surface area contributed by atoms with Gasteiger partial charge in [0.25, 0.3) is 0 Å². The Morgan fingerprint density at radius 3 is 2.58 bits per heavy atom. The molecule has 0 amide bonds. The van der Waals surface area contributed by atoms with Gasteiger partial charge in [-0.2, -0.15) is 5.10 Å². The van der Waals surface area contributed by atoms with Crippen LogP contribution in [-0.2, 0) is 7.05 Å². The summed E-state index contributed by atoms with van der Waals surface area (Å²) < 4.78 is 2.99. The lowest BCUT2D eigenvalue weighted by Crippen LogP contribution is -2.23. The van der Waals surface area contributed by atoms with Crippen LogP contribution in [0.15, 0.2) is 46.9 Å². The first-order valence-corrected chi connectivity index (χ1v) is 9.99. The first kappa shape index (κ1) is 18.9. The van der Waals surface area contributed by atoms with Gasteiger partial charge in [0.1, 0.15) is 11.4 Å². The molecule has 0 unspecified atom stereocenters. The SMILES string of the molecule is CCCCCCN(C)Oc1ccc2c(-c3ccc(Br)cc3)nn(C)c2c1. The van der Waals surface area contributed by atoms with Crippen LogP contribution in [0.4, 0.5) is 0 Å². The first-order chi connectivity index (χ1) is 12.6. The summed E-state index contributed by atoms with van der Waals surface area (Å²) in [6.45, 7) is 3.17. The Bertz CT molecular complexity index is 858. The van der Waals surface area contributed by atoms with Gasteiger partial charge in [-0.25, -0.2) is 0 Å². The lowest BCUT2D eigenvalue weighted by molar-refractivity contribution is -0.0326. The van der Waals surface area contributed by atoms with Crippen molar-refractivity contribution in [2.75, 3.05) is 13.6 Å². The Morgan fingerprint density at radius 2 is 1.85 bits per heavy atom. The molecule has 0 atom stereocenters. The van der Waals surface area contributed by atoms with Crippen molar-refractivity contribution in [3.63, 3.8) is 0 Å². The predicted molar refractivity (Wildman–Crippen MR) is 111 cm³/mol. The van der Waals surface area contributed by atoms with E-state index < -0.39 is 0 Å². The predicted octanol–water partition coefficient (Wildman–Crippen LogP) is 5.81. The number of benzene rings is 2. The van der Waals surface area contributed by atoms with E-state index in [1.807, 2.05) is 42.0 Å². The number of hydrogen-bond donors (Lipinski definition) is 0. The van der Waals surface area contributed by atoms with Crippen molar-refractivity contribution in [2.45, 2.75) is 32.6 Å². The van der Waals surface area contributed by atoms with Crippen LogP contribution < -0.4 is 4.84 Å². The summed E-state index contributed by atoms with van der Waals surface area (Å²) in [5, 5.41) is 7.76. The Balaban J connectivity index is 1.77. The van der Waals surface area contributed by atoms with Crippen LogP contribution >= 0.6 is 15.9 Å². The molecule has 138 valence electrons. The third-order valence-corrected chi connectivity index (χ3v) is 5.06. The molecule has 0 aliphatic carbocycles. The fraction of sp³-hybridized carbons (Fsp3) is 0.381. The van der Waals surface area contributed by atoms with Gasteiger partial charge in [-0.15, -0.1) is 5.06 Å². The van der Waals surface area contributed by atoms with Gasteiger partial charge >= 0.3 is 0 Å². The molecule has 0 aliphatic heterocycles. The largest absolute Gasteiger partial charge is 0.406 e. The van der Waals surface area contributed by atoms with Gasteiger partial charge in [0.2, 0.25) is 0 Å². The van der Waals surface area contributed by atoms with Crippen LogP contribution in [-0.4, -0.2) is 28.4 Å². The van der Waals surface area contributed by atoms with Crippen molar-refractivity contribution in [3.05, 3.63) is 46.9 Å². The van der Waals surface area contributed by atoms with E-state index in [9.17, 15) is 0 Å². The van der Waals surface area contributed by atoms with Gasteiger partial charge in [0, 0.05) is 42.1 Å². The summed E-state index contributed by atoms with van der Waals surface area (Å²) in [6, 6.07) is 14.4. The molecule has 0 bridgehead atoms. The van der Waals surface area contributed by atoms with Crippen molar-refractivity contribution in [1.82, 2.24) is 14.8 Å². The average molecular weight is 416 g/mol. The highest BCUT2D eigenvalue weighted by molar-refractivity contribution is 9.10. The van der Waals surface area contributed by atoms with Crippen molar-refractivity contribution < 1.29 is 4.84 Å². The maximum Gasteiger partial charge on any atom is 0.149 e. The Morgan fingerprint density at radius 1 is 1.08 bits per heavy atom. The van der Waals surface area contributed by atoms with Crippen molar-refractivity contribution in [1.29, 1.82) is 0 Å². The Kier molecular flexibility index (Phi) is 6.33. The molecular weight excluding hydrogens is 390 g/mol. The topological polar surface area (TPSA) is 30.3 Å². The van der Waals surface area contributed by atoms with E-state index in [4.69, 9.17) is 9.94 Å². The number of aryl methyl sites for hydroxylation is 1. The monoisotopic (exact) mass is 415 g/mol. The second-order valence-corrected chi connectivity index (χ2v) is 7.58. The summed E-state index contributed by atoms with van der Waals surface area (Å²) in [6.07, 6.45) is 4.95. The minimum atomic E-state index is 0.848. The third kappa shape index (κ3) is 4.46. The number of halogens is 1. The summed E-state index contributed by atoms with van der Waals surface area (Å²) in [7, 11) is 3.97. The molecule has 0 radical (unpaired) electrons. The molecule has 0 saturated carbocycles. The van der Waals surface area contributed by atoms with E-state index in [0.29, 0.717) is 0 Å². The molecule has 3 rings (SSSR count). The molecule has 1 aromatic heterocycles. The molecule has 4 nitrogen and oxygen atoms in total. The highest BCUT2D eigenvalue weighted by Gasteiger charge is 2.12. The number of nitrogens with zero attached hydrogens (tertiary/aromatic N) is 3. The van der Waals surface area contributed by atoms with Gasteiger partial charge in [-0.05, 0) is 30.7 Å². The molecule has 5 heteroatoms. The molecule has 1 heterocycles. The van der Waals surface area contributed by atoms with Crippen LogP contribution in [0.25, 0.3) is 22.2 Å². The molecule has 2 aromatic carbocycles. The zero-order valence-corrected chi connectivity index (χ0v) is 17.3. The number of fused-ring (bicyclic) bond motifs is 1. The number of aromatic nitrogens is 2. The number of rotatable bonds is 8. The van der Waals surface area contributed by atoms with Crippen LogP contribution in [0, 0.1) is 0 Å². The second-order valence-electron chi connectivity index (χ2n) is 6.66. The highest BCUT2D eigenvalue weighted by atomic mass is 79.9. The van der Waals surface area contributed by atoms with Crippen LogP contribution in [0.5, 0.6) is 5.75 Å². The van der Waals surface area contributed by atoms with E-state index in [1.54, 1.807) is 0 Å². The van der Waals surface area contributed by atoms with Crippen molar-refractivity contribution in [3.8, 4) is 17.0 Å². The maximum absolute atomic E-state index is 5.97. The van der Waals surface area contributed by atoms with E-state index in [0.717, 1.165) is 45.3 Å². The number of unbranched alkanes of at least 4 members (excludes halogenated alkanes) is 3. The first-order valence-electron chi connectivity index (χ1n) is 9.20. The maximum atomic E-state index is 5.97. The fourth-order valence-corrected chi connectivity index (χ4v) is 3.37. The Hall–Kier alpha value is -1.85. The van der Waals surface area contributed by atoms with Crippen LogP contribution in [0.2, 0.25) is 0 Å². The van der Waals surface area contributed by atoms with E-state index >= 15 is 0 Å². The molecule has 26 heavy (non-hydrogen) atoms. The normalized spacial score (nSPS) is 11.4. The van der Waals surface area contributed by atoms with E-state index in [1.165, 1.54) is 19.3 Å². The van der Waals surface area contributed by atoms with Crippen LogP contribution in [0.3, 0.4) is 0 Å². The smallest absolute Gasteiger partial charge is 0.149 e. The number of hydrogen-bond acceptors (Lipinski definition) is 3. The van der Waals surface area contributed by atoms with Crippen molar-refractivity contribution in [2.24, 2.45) is 7.05 Å². The molecule has 3 aromatic rings. The highest BCUT2D eigenvalue weighted by Crippen LogP contribution is 2.31. The molecule has 0 fully saturated rings. The lowest BCUT2D eigenvalue weighted by Gasteiger charge is -2.17. The standard InChI is InChI=1S/C21H26BrN3O/c1-4-5-6-7-14-24(2)26-18-12-13-19-20(15-18)25(3)23-21(19)16-8-10-17(22)11-9-16/h8-13,15H,4-7,14H2,1-3H3. The van der Waals surface area contributed by atoms with Gasteiger partial charge in [-0.1, -0.05) is 54.2 Å². The zero-order valence-electron chi connectivity index (χ0n) is 15.7.